The summed E-state index contributed by atoms with van der Waals surface area (Å²) in [6.07, 6.45) is 0.536. The number of hydrogen-bond donors (Lipinski definition) is 2. The molecule has 1 amide bonds. The molecule has 0 spiro atoms. The fourth-order valence-electron chi connectivity index (χ4n) is 2.63. The molecule has 0 saturated heterocycles. The smallest absolute Gasteiger partial charge is 0.407 e. The Bertz CT molecular complexity index is 891. The quantitative estimate of drug-likeness (QED) is 0.361. The van der Waals surface area contributed by atoms with Crippen LogP contribution in [0.2, 0.25) is 0 Å². The lowest BCUT2D eigenvalue weighted by Crippen LogP contribution is -2.23. The van der Waals surface area contributed by atoms with Gasteiger partial charge in [-0.2, -0.15) is 0 Å². The summed E-state index contributed by atoms with van der Waals surface area (Å²) in [4.78, 5) is 23.0. The van der Waals surface area contributed by atoms with Crippen molar-refractivity contribution in [3.8, 4) is 22.8 Å². The number of carbonyl (C=O) groups is 2. The van der Waals surface area contributed by atoms with Gasteiger partial charge in [0, 0.05) is 20.3 Å². The number of aliphatic carboxylic acids is 1. The molecule has 10 nitrogen and oxygen atoms in total. The van der Waals surface area contributed by atoms with Crippen molar-refractivity contribution in [1.29, 1.82) is 0 Å². The molecule has 1 heterocycles. The van der Waals surface area contributed by atoms with Gasteiger partial charge in [-0.25, -0.2) is 4.79 Å². The Morgan fingerprint density at radius 2 is 1.90 bits per heavy atom. The zero-order valence-corrected chi connectivity index (χ0v) is 17.3. The van der Waals surface area contributed by atoms with Gasteiger partial charge in [-0.05, 0) is 23.8 Å². The lowest BCUT2D eigenvalue weighted by atomic mass is 10.0. The summed E-state index contributed by atoms with van der Waals surface area (Å²) >= 11 is 0. The number of ether oxygens (including phenoxy) is 5. The molecule has 2 aromatic rings. The van der Waals surface area contributed by atoms with Gasteiger partial charge in [0.1, 0.15) is 29.6 Å². The van der Waals surface area contributed by atoms with Gasteiger partial charge in [0.25, 0.3) is 0 Å². The van der Waals surface area contributed by atoms with Gasteiger partial charge < -0.3 is 38.5 Å². The minimum absolute atomic E-state index is 0.0197. The third-order valence-electron chi connectivity index (χ3n) is 3.82. The minimum Gasteiger partial charge on any atom is -0.481 e. The molecule has 0 unspecified atom stereocenters. The maximum absolute atomic E-state index is 11.6. The normalized spacial score (nSPS) is 10.4. The number of carbonyl (C=O) groups excluding carboxylic acids is 1. The molecule has 0 atom stereocenters. The van der Waals surface area contributed by atoms with Crippen LogP contribution in [0.3, 0.4) is 0 Å². The zero-order valence-electron chi connectivity index (χ0n) is 17.3. The second-order valence-corrected chi connectivity index (χ2v) is 6.13. The molecular weight excluding hydrogens is 410 g/mol. The first-order valence-corrected chi connectivity index (χ1v) is 9.21. The Balaban J connectivity index is 2.35. The Hall–Kier alpha value is -3.50. The van der Waals surface area contributed by atoms with Crippen molar-refractivity contribution in [3.63, 3.8) is 0 Å². The van der Waals surface area contributed by atoms with Gasteiger partial charge >= 0.3 is 12.1 Å². The van der Waals surface area contributed by atoms with E-state index in [1.807, 2.05) is 0 Å². The van der Waals surface area contributed by atoms with Crippen LogP contribution in [0, 0.1) is 0 Å². The number of rotatable bonds is 13. The average Bonchev–Trinajstić information content (AvgIpc) is 3.21. The molecule has 0 fully saturated rings. The molecule has 2 N–H and O–H groups in total. The molecule has 0 aliphatic carbocycles. The Kier molecular flexibility index (Phi) is 9.40. The third kappa shape index (κ3) is 7.36. The van der Waals surface area contributed by atoms with Gasteiger partial charge in [-0.1, -0.05) is 12.7 Å². The summed E-state index contributed by atoms with van der Waals surface area (Å²) in [6.45, 7) is 3.54. The monoisotopic (exact) mass is 435 g/mol. The van der Waals surface area contributed by atoms with Crippen LogP contribution in [-0.4, -0.2) is 51.6 Å². The topological polar surface area (TPSA) is 126 Å². The summed E-state index contributed by atoms with van der Waals surface area (Å²) in [6, 6.07) is 6.48. The number of hydrogen-bond acceptors (Lipinski definition) is 8. The SMILES string of the molecule is C=CCOC(=O)NCc1ccc(-c2c(CC(=O)O)cc(OCOC)cc2OCOC)o1. The summed E-state index contributed by atoms with van der Waals surface area (Å²) in [7, 11) is 2.94. The van der Waals surface area contributed by atoms with Gasteiger partial charge in [0.2, 0.25) is 0 Å². The second-order valence-electron chi connectivity index (χ2n) is 6.13. The third-order valence-corrected chi connectivity index (χ3v) is 3.82. The highest BCUT2D eigenvalue weighted by atomic mass is 16.7. The molecule has 0 aliphatic heterocycles. The van der Waals surface area contributed by atoms with Crippen molar-refractivity contribution in [3.05, 3.63) is 48.2 Å². The van der Waals surface area contributed by atoms with E-state index in [9.17, 15) is 14.7 Å². The van der Waals surface area contributed by atoms with Crippen molar-refractivity contribution < 1.29 is 42.8 Å². The first-order valence-electron chi connectivity index (χ1n) is 9.21. The van der Waals surface area contributed by atoms with E-state index in [-0.39, 0.29) is 33.2 Å². The van der Waals surface area contributed by atoms with E-state index in [2.05, 4.69) is 11.9 Å². The maximum atomic E-state index is 11.6. The molecule has 1 aromatic carbocycles. The van der Waals surface area contributed by atoms with Crippen molar-refractivity contribution in [1.82, 2.24) is 5.32 Å². The Morgan fingerprint density at radius 3 is 2.58 bits per heavy atom. The van der Waals surface area contributed by atoms with E-state index < -0.39 is 12.1 Å². The lowest BCUT2D eigenvalue weighted by Gasteiger charge is -2.16. The standard InChI is InChI=1S/C21H25NO9/c1-4-7-28-21(25)22-11-15-5-6-17(31-15)20-14(9-19(23)24)8-16(29-12-26-2)10-18(20)30-13-27-3/h4-6,8,10H,1,7,9,11-13H2,2-3H3,(H,22,25)(H,23,24). The maximum Gasteiger partial charge on any atom is 0.407 e. The molecule has 0 saturated carbocycles. The largest absolute Gasteiger partial charge is 0.481 e. The van der Waals surface area contributed by atoms with Crippen LogP contribution in [0.15, 0.2) is 41.3 Å². The summed E-state index contributed by atoms with van der Waals surface area (Å²) in [5, 5.41) is 11.9. The lowest BCUT2D eigenvalue weighted by molar-refractivity contribution is -0.136. The molecule has 1 aromatic heterocycles. The minimum atomic E-state index is -1.04. The number of furan rings is 1. The number of alkyl carbamates (subject to hydrolysis) is 1. The van der Waals surface area contributed by atoms with Gasteiger partial charge in [-0.15, -0.1) is 0 Å². The van der Waals surface area contributed by atoms with Gasteiger partial charge in [-0.3, -0.25) is 4.79 Å². The molecular formula is C21H25NO9. The van der Waals surface area contributed by atoms with Crippen molar-refractivity contribution in [2.45, 2.75) is 13.0 Å². The number of carboxylic acid groups (broad SMARTS) is 1. The van der Waals surface area contributed by atoms with Crippen LogP contribution in [0.4, 0.5) is 4.79 Å². The van der Waals surface area contributed by atoms with Crippen LogP contribution >= 0.6 is 0 Å². The fourth-order valence-corrected chi connectivity index (χ4v) is 2.63. The Morgan fingerprint density at radius 1 is 1.16 bits per heavy atom. The van der Waals surface area contributed by atoms with Gasteiger partial charge in [0.05, 0.1) is 18.5 Å². The van der Waals surface area contributed by atoms with Crippen LogP contribution in [0.1, 0.15) is 11.3 Å². The van der Waals surface area contributed by atoms with Crippen molar-refractivity contribution in [2.75, 3.05) is 34.4 Å². The van der Waals surface area contributed by atoms with Crippen molar-refractivity contribution >= 4 is 12.1 Å². The van der Waals surface area contributed by atoms with Crippen LogP contribution in [0.25, 0.3) is 11.3 Å². The summed E-state index contributed by atoms with van der Waals surface area (Å²) in [5.41, 5.74) is 0.844. The van der Waals surface area contributed by atoms with E-state index in [4.69, 9.17) is 28.1 Å². The fraction of sp³-hybridized carbons (Fsp3) is 0.333. The highest BCUT2D eigenvalue weighted by Gasteiger charge is 2.20. The summed E-state index contributed by atoms with van der Waals surface area (Å²) in [5.74, 6) is 0.430. The van der Waals surface area contributed by atoms with Crippen LogP contribution < -0.4 is 14.8 Å². The predicted molar refractivity (Wildman–Crippen MR) is 109 cm³/mol. The van der Waals surface area contributed by atoms with E-state index in [1.165, 1.54) is 20.3 Å². The molecule has 10 heteroatoms. The zero-order chi connectivity index (χ0) is 22.6. The van der Waals surface area contributed by atoms with Crippen molar-refractivity contribution in [2.24, 2.45) is 0 Å². The van der Waals surface area contributed by atoms with Crippen LogP contribution in [-0.2, 0) is 32.0 Å². The molecule has 0 bridgehead atoms. The highest BCUT2D eigenvalue weighted by Crippen LogP contribution is 2.38. The number of amides is 1. The van der Waals surface area contributed by atoms with E-state index >= 15 is 0 Å². The first kappa shape index (κ1) is 23.8. The number of carboxylic acids is 1. The summed E-state index contributed by atoms with van der Waals surface area (Å²) < 4.78 is 31.6. The second kappa shape index (κ2) is 12.3. The highest BCUT2D eigenvalue weighted by molar-refractivity contribution is 5.79. The van der Waals surface area contributed by atoms with E-state index in [0.717, 1.165) is 0 Å². The number of methoxy groups -OCH3 is 2. The first-order chi connectivity index (χ1) is 15.0. The number of nitrogens with one attached hydrogen (secondary N) is 1. The molecule has 168 valence electrons. The molecule has 0 radical (unpaired) electrons. The van der Waals surface area contributed by atoms with E-state index in [1.54, 1.807) is 24.3 Å². The molecule has 2 rings (SSSR count). The molecule has 0 aliphatic rings. The number of benzene rings is 1. The Labute approximate surface area is 179 Å². The van der Waals surface area contributed by atoms with Crippen LogP contribution in [0.5, 0.6) is 11.5 Å². The van der Waals surface area contributed by atoms with Gasteiger partial charge in [0.15, 0.2) is 13.6 Å². The predicted octanol–water partition coefficient (Wildman–Crippen LogP) is 2.95. The average molecular weight is 435 g/mol. The van der Waals surface area contributed by atoms with E-state index in [0.29, 0.717) is 34.1 Å². The molecule has 31 heavy (non-hydrogen) atoms.